The first-order valence-electron chi connectivity index (χ1n) is 6.44. The van der Waals surface area contributed by atoms with E-state index in [9.17, 15) is 13.2 Å². The van der Waals surface area contributed by atoms with E-state index < -0.39 is 10.0 Å². The maximum Gasteiger partial charge on any atom is 0.236 e. The molecule has 0 radical (unpaired) electrons. The Balaban J connectivity index is 2.43. The predicted molar refractivity (Wildman–Crippen MR) is 72.1 cm³/mol. The van der Waals surface area contributed by atoms with Gasteiger partial charge in [0, 0.05) is 26.2 Å². The fourth-order valence-electron chi connectivity index (χ4n) is 1.86. The molecule has 1 heterocycles. The molecular formula is C11H23N3O4S. The van der Waals surface area contributed by atoms with E-state index in [0.29, 0.717) is 26.2 Å². The summed E-state index contributed by atoms with van der Waals surface area (Å²) in [5.74, 6) is -0.157. The van der Waals surface area contributed by atoms with Crippen molar-refractivity contribution >= 4 is 15.9 Å². The normalized spacial score (nSPS) is 18.0. The molecule has 8 heteroatoms. The molecule has 1 aliphatic heterocycles. The Kier molecular flexibility index (Phi) is 6.18. The van der Waals surface area contributed by atoms with Gasteiger partial charge in [0.15, 0.2) is 0 Å². The van der Waals surface area contributed by atoms with Gasteiger partial charge in [0.2, 0.25) is 15.9 Å². The van der Waals surface area contributed by atoms with Gasteiger partial charge in [0.25, 0.3) is 0 Å². The fourth-order valence-corrected chi connectivity index (χ4v) is 3.15. The van der Waals surface area contributed by atoms with E-state index in [1.165, 1.54) is 4.31 Å². The van der Waals surface area contributed by atoms with Crippen molar-refractivity contribution in [1.29, 1.82) is 0 Å². The van der Waals surface area contributed by atoms with Gasteiger partial charge in [0.1, 0.15) is 0 Å². The first-order valence-corrected chi connectivity index (χ1v) is 8.05. The van der Waals surface area contributed by atoms with Crippen molar-refractivity contribution in [3.05, 3.63) is 0 Å². The molecule has 0 atom stereocenters. The topological polar surface area (TPSA) is 92.9 Å². The van der Waals surface area contributed by atoms with Crippen molar-refractivity contribution in [1.82, 2.24) is 9.21 Å². The van der Waals surface area contributed by atoms with E-state index in [-0.39, 0.29) is 30.9 Å². The van der Waals surface area contributed by atoms with Crippen LogP contribution < -0.4 is 5.73 Å². The number of hydrogen-bond acceptors (Lipinski definition) is 5. The second-order valence-electron chi connectivity index (χ2n) is 4.72. The van der Waals surface area contributed by atoms with E-state index in [4.69, 9.17) is 10.5 Å². The Morgan fingerprint density at radius 3 is 2.32 bits per heavy atom. The molecule has 1 amide bonds. The van der Waals surface area contributed by atoms with Crippen molar-refractivity contribution < 1.29 is 17.9 Å². The third-order valence-corrected chi connectivity index (χ3v) is 4.79. The van der Waals surface area contributed by atoms with Gasteiger partial charge in [-0.15, -0.1) is 0 Å². The lowest BCUT2D eigenvalue weighted by Crippen LogP contribution is -2.52. The lowest BCUT2D eigenvalue weighted by atomic mass is 10.3. The molecule has 0 aromatic heterocycles. The molecule has 0 aromatic carbocycles. The number of sulfonamides is 1. The highest BCUT2D eigenvalue weighted by molar-refractivity contribution is 7.89. The van der Waals surface area contributed by atoms with Gasteiger partial charge in [-0.2, -0.15) is 4.31 Å². The zero-order chi connectivity index (χ0) is 14.5. The van der Waals surface area contributed by atoms with Crippen LogP contribution in [0.1, 0.15) is 13.8 Å². The largest absolute Gasteiger partial charge is 0.378 e. The third-order valence-electron chi connectivity index (χ3n) is 2.95. The van der Waals surface area contributed by atoms with Crippen LogP contribution in [0.15, 0.2) is 0 Å². The van der Waals surface area contributed by atoms with E-state index >= 15 is 0 Å². The molecule has 1 fully saturated rings. The van der Waals surface area contributed by atoms with E-state index in [2.05, 4.69) is 0 Å². The van der Waals surface area contributed by atoms with Crippen molar-refractivity contribution in [2.24, 2.45) is 5.73 Å². The number of carbonyl (C=O) groups excluding carboxylic acids is 1. The van der Waals surface area contributed by atoms with Gasteiger partial charge in [0.05, 0.1) is 25.0 Å². The highest BCUT2D eigenvalue weighted by atomic mass is 32.2. The highest BCUT2D eigenvalue weighted by Gasteiger charge is 2.28. The molecular weight excluding hydrogens is 270 g/mol. The Bertz CT molecular complexity index is 389. The average Bonchev–Trinajstić information content (AvgIpc) is 2.37. The summed E-state index contributed by atoms with van der Waals surface area (Å²) in [4.78, 5) is 13.0. The van der Waals surface area contributed by atoms with Crippen LogP contribution in [0.2, 0.25) is 0 Å². The zero-order valence-corrected chi connectivity index (χ0v) is 12.4. The number of carbonyl (C=O) groups is 1. The zero-order valence-electron chi connectivity index (χ0n) is 11.5. The number of rotatable bonds is 6. The molecule has 2 N–H and O–H groups in total. The van der Waals surface area contributed by atoms with Crippen molar-refractivity contribution in [3.8, 4) is 0 Å². The molecule has 1 aliphatic rings. The quantitative estimate of drug-likeness (QED) is 0.667. The van der Waals surface area contributed by atoms with Gasteiger partial charge >= 0.3 is 0 Å². The minimum atomic E-state index is -3.30. The van der Waals surface area contributed by atoms with Crippen LogP contribution in [0.5, 0.6) is 0 Å². The van der Waals surface area contributed by atoms with Crippen molar-refractivity contribution in [3.63, 3.8) is 0 Å². The molecule has 0 aromatic rings. The lowest BCUT2D eigenvalue weighted by molar-refractivity contribution is -0.130. The first-order chi connectivity index (χ1) is 8.86. The van der Waals surface area contributed by atoms with Gasteiger partial charge in [-0.25, -0.2) is 8.42 Å². The Morgan fingerprint density at radius 1 is 1.26 bits per heavy atom. The van der Waals surface area contributed by atoms with Crippen molar-refractivity contribution in [2.45, 2.75) is 20.0 Å². The lowest BCUT2D eigenvalue weighted by Gasteiger charge is -2.33. The summed E-state index contributed by atoms with van der Waals surface area (Å²) < 4.78 is 30.7. The highest BCUT2D eigenvalue weighted by Crippen LogP contribution is 2.08. The maximum atomic E-state index is 12.0. The molecule has 7 nitrogen and oxygen atoms in total. The first kappa shape index (κ1) is 16.4. The number of nitrogens with two attached hydrogens (primary N) is 1. The summed E-state index contributed by atoms with van der Waals surface area (Å²) in [6.45, 7) is 5.36. The van der Waals surface area contributed by atoms with Crippen LogP contribution in [-0.4, -0.2) is 74.7 Å². The molecule has 0 saturated carbocycles. The molecule has 1 saturated heterocycles. The summed E-state index contributed by atoms with van der Waals surface area (Å²) in [6, 6.07) is 0. The van der Waals surface area contributed by atoms with E-state index in [1.54, 1.807) is 4.90 Å². The number of ether oxygens (including phenoxy) is 1. The third kappa shape index (κ3) is 5.06. The minimum absolute atomic E-state index is 0.0178. The number of hydrogen-bond donors (Lipinski definition) is 1. The molecule has 0 unspecified atom stereocenters. The maximum absolute atomic E-state index is 12.0. The number of nitrogens with zero attached hydrogens (tertiary/aromatic N) is 2. The summed E-state index contributed by atoms with van der Waals surface area (Å²) in [5.41, 5.74) is 5.28. The summed E-state index contributed by atoms with van der Waals surface area (Å²) in [7, 11) is -3.30. The Hall–Kier alpha value is -0.700. The van der Waals surface area contributed by atoms with Crippen LogP contribution in [0.4, 0.5) is 0 Å². The van der Waals surface area contributed by atoms with Crippen LogP contribution in [0, 0.1) is 0 Å². The summed E-state index contributed by atoms with van der Waals surface area (Å²) in [6.07, 6.45) is 0.0224. The Labute approximate surface area is 114 Å². The smallest absolute Gasteiger partial charge is 0.236 e. The number of piperazine rings is 1. The minimum Gasteiger partial charge on any atom is -0.378 e. The van der Waals surface area contributed by atoms with E-state index in [0.717, 1.165) is 0 Å². The van der Waals surface area contributed by atoms with E-state index in [1.807, 2.05) is 13.8 Å². The standard InChI is InChI=1S/C11H23N3O4S/c1-10(2)18-7-8-19(16,17)14-5-3-13(4-6-14)11(15)9-12/h10H,3-9,12H2,1-2H3. The second-order valence-corrected chi connectivity index (χ2v) is 6.81. The van der Waals surface area contributed by atoms with Gasteiger partial charge in [-0.05, 0) is 13.8 Å². The summed E-state index contributed by atoms with van der Waals surface area (Å²) in [5, 5.41) is 0. The molecule has 0 bridgehead atoms. The molecule has 0 aliphatic carbocycles. The molecule has 112 valence electrons. The number of amides is 1. The molecule has 1 rings (SSSR count). The fraction of sp³-hybridized carbons (Fsp3) is 0.909. The van der Waals surface area contributed by atoms with Gasteiger partial charge < -0.3 is 15.4 Å². The van der Waals surface area contributed by atoms with Crippen molar-refractivity contribution in [2.75, 3.05) is 45.1 Å². The van der Waals surface area contributed by atoms with Gasteiger partial charge in [-0.1, -0.05) is 0 Å². The molecule has 0 spiro atoms. The summed E-state index contributed by atoms with van der Waals surface area (Å²) >= 11 is 0. The van der Waals surface area contributed by atoms with Crippen LogP contribution in [0.25, 0.3) is 0 Å². The monoisotopic (exact) mass is 293 g/mol. The van der Waals surface area contributed by atoms with Gasteiger partial charge in [-0.3, -0.25) is 4.79 Å². The average molecular weight is 293 g/mol. The van der Waals surface area contributed by atoms with Crippen LogP contribution >= 0.6 is 0 Å². The Morgan fingerprint density at radius 2 is 1.84 bits per heavy atom. The van der Waals surface area contributed by atoms with Crippen LogP contribution in [-0.2, 0) is 19.6 Å². The second kappa shape index (κ2) is 7.18. The SMILES string of the molecule is CC(C)OCCS(=O)(=O)N1CCN(C(=O)CN)CC1. The van der Waals surface area contributed by atoms with Crippen LogP contribution in [0.3, 0.4) is 0 Å². The molecule has 19 heavy (non-hydrogen) atoms. The predicted octanol–water partition coefficient (Wildman–Crippen LogP) is -1.16.